The summed E-state index contributed by atoms with van der Waals surface area (Å²) in [6.07, 6.45) is 7.07. The van der Waals surface area contributed by atoms with Crippen LogP contribution in [0.15, 0.2) is 24.3 Å². The van der Waals surface area contributed by atoms with Crippen molar-refractivity contribution in [3.63, 3.8) is 0 Å². The summed E-state index contributed by atoms with van der Waals surface area (Å²) < 4.78 is 10.9. The predicted molar refractivity (Wildman–Crippen MR) is 85.9 cm³/mol. The van der Waals surface area contributed by atoms with Crippen LogP contribution in [0.2, 0.25) is 0 Å². The molecule has 4 nitrogen and oxygen atoms in total. The fraction of sp³-hybridized carbons (Fsp3) is 0.500. The van der Waals surface area contributed by atoms with Crippen molar-refractivity contribution >= 4 is 5.91 Å². The number of ether oxygens (including phenoxy) is 2. The third-order valence-electron chi connectivity index (χ3n) is 3.86. The Labute approximate surface area is 132 Å². The molecule has 0 atom stereocenters. The number of carbonyl (C=O) groups is 1. The van der Waals surface area contributed by atoms with Gasteiger partial charge >= 0.3 is 0 Å². The molecule has 1 aromatic rings. The number of carbonyl (C=O) groups excluding carboxylic acids is 1. The number of terminal acetylenes is 1. The van der Waals surface area contributed by atoms with Crippen molar-refractivity contribution in [3.8, 4) is 18.1 Å². The fourth-order valence-corrected chi connectivity index (χ4v) is 2.68. The van der Waals surface area contributed by atoms with Crippen LogP contribution in [0.1, 0.15) is 30.1 Å². The van der Waals surface area contributed by atoms with E-state index in [1.807, 2.05) is 36.1 Å². The zero-order chi connectivity index (χ0) is 15.8. The highest BCUT2D eigenvalue weighted by atomic mass is 16.5. The van der Waals surface area contributed by atoms with Crippen molar-refractivity contribution in [1.82, 2.24) is 4.90 Å². The fourth-order valence-electron chi connectivity index (χ4n) is 2.68. The number of likely N-dealkylation sites (tertiary alicyclic amines) is 1. The van der Waals surface area contributed by atoms with Gasteiger partial charge in [-0.2, -0.15) is 0 Å². The van der Waals surface area contributed by atoms with Crippen molar-refractivity contribution in [1.29, 1.82) is 0 Å². The van der Waals surface area contributed by atoms with Crippen molar-refractivity contribution in [2.24, 2.45) is 5.92 Å². The molecule has 0 radical (unpaired) electrons. The van der Waals surface area contributed by atoms with Crippen LogP contribution in [0, 0.1) is 18.3 Å². The highest BCUT2D eigenvalue weighted by Crippen LogP contribution is 2.24. The third-order valence-corrected chi connectivity index (χ3v) is 3.86. The molecule has 22 heavy (non-hydrogen) atoms. The van der Waals surface area contributed by atoms with Gasteiger partial charge in [-0.05, 0) is 37.8 Å². The number of piperidine rings is 1. The van der Waals surface area contributed by atoms with E-state index in [0.29, 0.717) is 37.1 Å². The molecule has 0 spiro atoms. The summed E-state index contributed by atoms with van der Waals surface area (Å²) in [5.41, 5.74) is 0.645. The van der Waals surface area contributed by atoms with E-state index in [1.54, 1.807) is 0 Å². The van der Waals surface area contributed by atoms with Crippen LogP contribution in [0.25, 0.3) is 0 Å². The van der Waals surface area contributed by atoms with Crippen molar-refractivity contribution in [2.75, 3.05) is 32.9 Å². The molecule has 1 saturated heterocycles. The lowest BCUT2D eigenvalue weighted by molar-refractivity contribution is 0.0578. The number of hydrogen-bond acceptors (Lipinski definition) is 3. The van der Waals surface area contributed by atoms with Crippen LogP contribution in [0.5, 0.6) is 5.75 Å². The summed E-state index contributed by atoms with van der Waals surface area (Å²) in [4.78, 5) is 14.5. The first-order valence-electron chi connectivity index (χ1n) is 7.78. The Morgan fingerprint density at radius 3 is 2.77 bits per heavy atom. The minimum atomic E-state index is 0.0482. The second-order valence-corrected chi connectivity index (χ2v) is 5.38. The number of benzene rings is 1. The number of nitrogens with zero attached hydrogens (tertiary/aromatic N) is 1. The van der Waals surface area contributed by atoms with E-state index in [4.69, 9.17) is 15.9 Å². The zero-order valence-corrected chi connectivity index (χ0v) is 13.1. The maximum atomic E-state index is 12.7. The van der Waals surface area contributed by atoms with Gasteiger partial charge in [0, 0.05) is 13.1 Å². The molecule has 1 amide bonds. The Morgan fingerprint density at radius 1 is 1.36 bits per heavy atom. The molecule has 4 heteroatoms. The van der Waals surface area contributed by atoms with Gasteiger partial charge in [-0.3, -0.25) is 4.79 Å². The number of para-hydroxylation sites is 1. The van der Waals surface area contributed by atoms with Gasteiger partial charge in [0.25, 0.3) is 5.91 Å². The van der Waals surface area contributed by atoms with Gasteiger partial charge in [-0.25, -0.2) is 0 Å². The summed E-state index contributed by atoms with van der Waals surface area (Å²) in [5, 5.41) is 0. The summed E-state index contributed by atoms with van der Waals surface area (Å²) >= 11 is 0. The van der Waals surface area contributed by atoms with Gasteiger partial charge < -0.3 is 14.4 Å². The lowest BCUT2D eigenvalue weighted by Crippen LogP contribution is -2.39. The summed E-state index contributed by atoms with van der Waals surface area (Å²) in [6.45, 7) is 5.03. The molecule has 0 N–H and O–H groups in total. The van der Waals surface area contributed by atoms with E-state index in [1.165, 1.54) is 0 Å². The van der Waals surface area contributed by atoms with Crippen LogP contribution in [0.4, 0.5) is 0 Å². The van der Waals surface area contributed by atoms with Crippen LogP contribution in [-0.2, 0) is 4.74 Å². The van der Waals surface area contributed by atoms with Gasteiger partial charge in [0.15, 0.2) is 0 Å². The summed E-state index contributed by atoms with van der Waals surface area (Å²) in [6, 6.07) is 7.43. The van der Waals surface area contributed by atoms with E-state index in [9.17, 15) is 4.79 Å². The van der Waals surface area contributed by atoms with E-state index in [-0.39, 0.29) is 5.91 Å². The Hall–Kier alpha value is -1.99. The molecular weight excluding hydrogens is 278 g/mol. The average Bonchev–Trinajstić information content (AvgIpc) is 2.56. The van der Waals surface area contributed by atoms with Crippen molar-refractivity contribution < 1.29 is 14.3 Å². The van der Waals surface area contributed by atoms with Crippen LogP contribution in [-0.4, -0.2) is 43.7 Å². The third kappa shape index (κ3) is 4.25. The molecule has 2 rings (SSSR count). The highest BCUT2D eigenvalue weighted by molar-refractivity contribution is 5.97. The first-order valence-corrected chi connectivity index (χ1v) is 7.78. The van der Waals surface area contributed by atoms with Crippen LogP contribution < -0.4 is 4.74 Å². The van der Waals surface area contributed by atoms with Gasteiger partial charge in [0.1, 0.15) is 12.4 Å². The van der Waals surface area contributed by atoms with Gasteiger partial charge in [-0.1, -0.05) is 18.1 Å². The molecule has 0 saturated carbocycles. The van der Waals surface area contributed by atoms with Gasteiger partial charge in [-0.15, -0.1) is 6.42 Å². The second-order valence-electron chi connectivity index (χ2n) is 5.38. The molecule has 0 aliphatic carbocycles. The first kappa shape index (κ1) is 16.4. The van der Waals surface area contributed by atoms with E-state index < -0.39 is 0 Å². The standard InChI is InChI=1S/C18H23NO3/c1-3-13-21-14-15-9-11-19(12-10-15)18(20)16-7-5-6-8-17(16)22-4-2/h1,5-8,15H,4,9-14H2,2H3. The molecule has 1 heterocycles. The molecule has 1 aliphatic heterocycles. The first-order chi connectivity index (χ1) is 10.8. The maximum Gasteiger partial charge on any atom is 0.257 e. The molecule has 0 aromatic heterocycles. The average molecular weight is 301 g/mol. The normalized spacial score (nSPS) is 15.4. The number of hydrogen-bond donors (Lipinski definition) is 0. The van der Waals surface area contributed by atoms with Gasteiger partial charge in [0.05, 0.1) is 18.8 Å². The van der Waals surface area contributed by atoms with E-state index in [0.717, 1.165) is 25.9 Å². The Morgan fingerprint density at radius 2 is 2.09 bits per heavy atom. The van der Waals surface area contributed by atoms with Crippen LogP contribution >= 0.6 is 0 Å². The highest BCUT2D eigenvalue weighted by Gasteiger charge is 2.25. The predicted octanol–water partition coefficient (Wildman–Crippen LogP) is 2.59. The second kappa shape index (κ2) is 8.45. The number of amides is 1. The Balaban J connectivity index is 1.91. The Bertz CT molecular complexity index is 527. The molecular formula is C18H23NO3. The molecule has 0 bridgehead atoms. The largest absolute Gasteiger partial charge is 0.493 e. The van der Waals surface area contributed by atoms with Crippen molar-refractivity contribution in [2.45, 2.75) is 19.8 Å². The SMILES string of the molecule is C#CCOCC1CCN(C(=O)c2ccccc2OCC)CC1. The molecule has 118 valence electrons. The van der Waals surface area contributed by atoms with Crippen molar-refractivity contribution in [3.05, 3.63) is 29.8 Å². The monoisotopic (exact) mass is 301 g/mol. The van der Waals surface area contributed by atoms with Gasteiger partial charge in [0.2, 0.25) is 0 Å². The summed E-state index contributed by atoms with van der Waals surface area (Å²) in [7, 11) is 0. The minimum Gasteiger partial charge on any atom is -0.493 e. The molecule has 0 unspecified atom stereocenters. The molecule has 1 fully saturated rings. The van der Waals surface area contributed by atoms with E-state index in [2.05, 4.69) is 5.92 Å². The smallest absolute Gasteiger partial charge is 0.257 e. The van der Waals surface area contributed by atoms with E-state index >= 15 is 0 Å². The molecule has 1 aliphatic rings. The Kier molecular flexibility index (Phi) is 6.29. The topological polar surface area (TPSA) is 38.8 Å². The lowest BCUT2D eigenvalue weighted by Gasteiger charge is -2.32. The van der Waals surface area contributed by atoms with Crippen LogP contribution in [0.3, 0.4) is 0 Å². The zero-order valence-electron chi connectivity index (χ0n) is 13.1. The minimum absolute atomic E-state index is 0.0482. The summed E-state index contributed by atoms with van der Waals surface area (Å²) in [5.74, 6) is 3.67. The quantitative estimate of drug-likeness (QED) is 0.599. The lowest BCUT2D eigenvalue weighted by atomic mass is 9.97. The maximum absolute atomic E-state index is 12.7. The molecule has 1 aromatic carbocycles. The number of rotatable bonds is 6.